The van der Waals surface area contributed by atoms with Crippen LogP contribution >= 0.6 is 35.7 Å². The van der Waals surface area contributed by atoms with Crippen molar-refractivity contribution in [2.45, 2.75) is 38.3 Å². The van der Waals surface area contributed by atoms with Gasteiger partial charge in [-0.3, -0.25) is 9.89 Å². The maximum Gasteiger partial charge on any atom is 0.191 e. The lowest BCUT2D eigenvalue weighted by Gasteiger charge is -2.43. The molecule has 0 spiro atoms. The zero-order valence-electron chi connectivity index (χ0n) is 16.1. The number of halogens is 1. The van der Waals surface area contributed by atoms with Gasteiger partial charge in [-0.1, -0.05) is 0 Å². The first-order valence-corrected chi connectivity index (χ1v) is 10.1. The summed E-state index contributed by atoms with van der Waals surface area (Å²) in [6, 6.07) is 0. The summed E-state index contributed by atoms with van der Waals surface area (Å²) in [5, 5.41) is 6.94. The Hall–Kier alpha value is 0.230. The normalized spacial score (nSPS) is 25.5. The molecule has 0 aromatic rings. The quantitative estimate of drug-likeness (QED) is 0.325. The fourth-order valence-electron chi connectivity index (χ4n) is 3.06. The van der Waals surface area contributed by atoms with Crippen LogP contribution in [0.15, 0.2) is 4.99 Å². The Morgan fingerprint density at radius 2 is 2.04 bits per heavy atom. The Labute approximate surface area is 174 Å². The van der Waals surface area contributed by atoms with Crippen LogP contribution in [0.3, 0.4) is 0 Å². The zero-order chi connectivity index (χ0) is 17.5. The number of morpholine rings is 1. The Morgan fingerprint density at radius 1 is 1.32 bits per heavy atom. The van der Waals surface area contributed by atoms with Gasteiger partial charge in [0.15, 0.2) is 5.96 Å². The molecule has 2 heterocycles. The number of ether oxygens (including phenoxy) is 2. The number of rotatable bonds is 7. The largest absolute Gasteiger partial charge is 0.379 e. The van der Waals surface area contributed by atoms with Crippen LogP contribution in [0.2, 0.25) is 0 Å². The van der Waals surface area contributed by atoms with Crippen LogP contribution in [0.5, 0.6) is 0 Å². The smallest absolute Gasteiger partial charge is 0.191 e. The van der Waals surface area contributed by atoms with Gasteiger partial charge in [0.2, 0.25) is 0 Å². The molecular formula is C17H35IN4O2S. The number of guanidine groups is 1. The molecule has 0 amide bonds. The van der Waals surface area contributed by atoms with Crippen LogP contribution in [0.4, 0.5) is 0 Å². The molecule has 2 aliphatic heterocycles. The predicted octanol–water partition coefficient (Wildman–Crippen LogP) is 1.79. The van der Waals surface area contributed by atoms with E-state index >= 15 is 0 Å². The van der Waals surface area contributed by atoms with E-state index in [2.05, 4.69) is 48.1 Å². The fourth-order valence-corrected chi connectivity index (χ4v) is 4.54. The van der Waals surface area contributed by atoms with Gasteiger partial charge in [0, 0.05) is 44.6 Å². The predicted molar refractivity (Wildman–Crippen MR) is 118 cm³/mol. The van der Waals surface area contributed by atoms with Crippen molar-refractivity contribution < 1.29 is 9.47 Å². The van der Waals surface area contributed by atoms with Gasteiger partial charge in [-0.15, -0.1) is 24.0 Å². The van der Waals surface area contributed by atoms with Crippen LogP contribution < -0.4 is 10.6 Å². The number of methoxy groups -OCH3 is 1. The van der Waals surface area contributed by atoms with Gasteiger partial charge < -0.3 is 20.1 Å². The minimum atomic E-state index is -0.243. The first-order valence-electron chi connectivity index (χ1n) is 8.99. The maximum atomic E-state index is 5.54. The highest BCUT2D eigenvalue weighted by Gasteiger charge is 2.40. The molecule has 6 nitrogen and oxygen atoms in total. The summed E-state index contributed by atoms with van der Waals surface area (Å²) in [5.74, 6) is 3.30. The van der Waals surface area contributed by atoms with Gasteiger partial charge in [0.25, 0.3) is 0 Å². The molecule has 2 rings (SSSR count). The minimum absolute atomic E-state index is 0. The highest BCUT2D eigenvalue weighted by Crippen LogP contribution is 2.33. The SMILES string of the molecule is CCNC(=NCC(C)(C)OC)NCC1(N2CCOCC2)CCSC1.I. The number of aliphatic imine (C=N–C) groups is 1. The summed E-state index contributed by atoms with van der Waals surface area (Å²) in [4.78, 5) is 7.33. The topological polar surface area (TPSA) is 58.1 Å². The Bertz CT molecular complexity index is 411. The molecule has 25 heavy (non-hydrogen) atoms. The molecule has 1 atom stereocenters. The van der Waals surface area contributed by atoms with Crippen molar-refractivity contribution in [2.75, 3.05) is 64.6 Å². The third-order valence-corrected chi connectivity index (χ3v) is 6.10. The Kier molecular flexibility index (Phi) is 10.4. The summed E-state index contributed by atoms with van der Waals surface area (Å²) < 4.78 is 11.0. The molecule has 2 fully saturated rings. The third-order valence-electron chi connectivity index (χ3n) is 4.86. The second-order valence-corrected chi connectivity index (χ2v) is 8.24. The molecule has 2 aliphatic rings. The first-order chi connectivity index (χ1) is 11.5. The third kappa shape index (κ3) is 7.04. The van der Waals surface area contributed by atoms with E-state index in [1.165, 1.54) is 17.9 Å². The number of nitrogens with one attached hydrogen (secondary N) is 2. The second kappa shape index (κ2) is 11.2. The van der Waals surface area contributed by atoms with E-state index in [0.29, 0.717) is 6.54 Å². The second-order valence-electron chi connectivity index (χ2n) is 7.14. The Morgan fingerprint density at radius 3 is 2.60 bits per heavy atom. The summed E-state index contributed by atoms with van der Waals surface area (Å²) in [6.07, 6.45) is 1.23. The van der Waals surface area contributed by atoms with E-state index < -0.39 is 0 Å². The number of thioether (sulfide) groups is 1. The lowest BCUT2D eigenvalue weighted by Crippen LogP contribution is -2.60. The zero-order valence-corrected chi connectivity index (χ0v) is 19.2. The fraction of sp³-hybridized carbons (Fsp3) is 0.941. The van der Waals surface area contributed by atoms with E-state index in [1.807, 2.05) is 0 Å². The molecule has 2 saturated heterocycles. The minimum Gasteiger partial charge on any atom is -0.379 e. The highest BCUT2D eigenvalue weighted by molar-refractivity contribution is 14.0. The molecule has 0 bridgehead atoms. The van der Waals surface area contributed by atoms with E-state index in [4.69, 9.17) is 14.5 Å². The first kappa shape index (κ1) is 23.3. The van der Waals surface area contributed by atoms with Crippen molar-refractivity contribution in [3.63, 3.8) is 0 Å². The van der Waals surface area contributed by atoms with Gasteiger partial charge >= 0.3 is 0 Å². The summed E-state index contributed by atoms with van der Waals surface area (Å²) in [7, 11) is 1.74. The molecule has 0 aromatic carbocycles. The summed E-state index contributed by atoms with van der Waals surface area (Å²) in [5.41, 5.74) is -0.0190. The van der Waals surface area contributed by atoms with Crippen molar-refractivity contribution >= 4 is 41.7 Å². The number of hydrogen-bond acceptors (Lipinski definition) is 5. The maximum absolute atomic E-state index is 5.54. The standard InChI is InChI=1S/C17H34N4O2S.HI/c1-5-18-15(19-12-16(2,3)22-4)20-13-17(6-11-24-14-17)21-7-9-23-10-8-21;/h5-14H2,1-4H3,(H2,18,19,20);1H. The average molecular weight is 486 g/mol. The molecule has 0 aliphatic carbocycles. The number of nitrogens with zero attached hydrogens (tertiary/aromatic N) is 2. The van der Waals surface area contributed by atoms with Crippen LogP contribution in [0.1, 0.15) is 27.2 Å². The number of hydrogen-bond donors (Lipinski definition) is 2. The van der Waals surface area contributed by atoms with E-state index in [1.54, 1.807) is 7.11 Å². The van der Waals surface area contributed by atoms with Gasteiger partial charge in [-0.05, 0) is 32.9 Å². The van der Waals surface area contributed by atoms with E-state index in [0.717, 1.165) is 45.4 Å². The molecular weight excluding hydrogens is 451 g/mol. The van der Waals surface area contributed by atoms with Crippen LogP contribution in [0, 0.1) is 0 Å². The van der Waals surface area contributed by atoms with E-state index in [-0.39, 0.29) is 35.1 Å². The van der Waals surface area contributed by atoms with Gasteiger partial charge in [-0.25, -0.2) is 0 Å². The van der Waals surface area contributed by atoms with Crippen molar-refractivity contribution in [3.05, 3.63) is 0 Å². The lowest BCUT2D eigenvalue weighted by molar-refractivity contribution is -0.0120. The van der Waals surface area contributed by atoms with Crippen LogP contribution in [0.25, 0.3) is 0 Å². The summed E-state index contributed by atoms with van der Waals surface area (Å²) in [6.45, 7) is 12.4. The van der Waals surface area contributed by atoms with Crippen LogP contribution in [-0.4, -0.2) is 86.6 Å². The molecule has 0 radical (unpaired) electrons. The molecule has 8 heteroatoms. The van der Waals surface area contributed by atoms with Gasteiger partial charge in [0.05, 0.1) is 25.4 Å². The van der Waals surface area contributed by atoms with Gasteiger partial charge in [0.1, 0.15) is 0 Å². The average Bonchev–Trinajstić information content (AvgIpc) is 3.08. The molecule has 0 aromatic heterocycles. The highest BCUT2D eigenvalue weighted by atomic mass is 127. The van der Waals surface area contributed by atoms with E-state index in [9.17, 15) is 0 Å². The van der Waals surface area contributed by atoms with Gasteiger partial charge in [-0.2, -0.15) is 11.8 Å². The van der Waals surface area contributed by atoms with Crippen LogP contribution in [-0.2, 0) is 9.47 Å². The van der Waals surface area contributed by atoms with Crippen molar-refractivity contribution in [3.8, 4) is 0 Å². The summed E-state index contributed by atoms with van der Waals surface area (Å²) >= 11 is 2.06. The molecule has 2 N–H and O–H groups in total. The molecule has 1 unspecified atom stereocenters. The lowest BCUT2D eigenvalue weighted by atomic mass is 9.95. The van der Waals surface area contributed by atoms with Crippen molar-refractivity contribution in [1.29, 1.82) is 0 Å². The Balaban J connectivity index is 0.00000312. The monoisotopic (exact) mass is 486 g/mol. The molecule has 0 saturated carbocycles. The van der Waals surface area contributed by atoms with Crippen molar-refractivity contribution in [2.24, 2.45) is 4.99 Å². The molecule has 148 valence electrons. The van der Waals surface area contributed by atoms with Crippen molar-refractivity contribution in [1.82, 2.24) is 15.5 Å².